The molecule has 1 heterocycles. The second-order valence-corrected chi connectivity index (χ2v) is 6.37. The van der Waals surface area contributed by atoms with E-state index in [0.717, 1.165) is 0 Å². The molecule has 0 saturated carbocycles. The third-order valence-corrected chi connectivity index (χ3v) is 4.21. The molecular formula is C17H18ClN3O5S. The Balaban J connectivity index is 2.08. The Kier molecular flexibility index (Phi) is 7.26. The number of carbonyl (C=O) groups excluding carboxylic acids is 2. The Hall–Kier alpha value is -2.52. The van der Waals surface area contributed by atoms with Crippen LogP contribution in [-0.4, -0.2) is 48.4 Å². The van der Waals surface area contributed by atoms with Gasteiger partial charge >= 0.3 is 5.97 Å². The number of rotatable bonds is 7. The fraction of sp³-hybridized carbons (Fsp3) is 0.294. The zero-order chi connectivity index (χ0) is 20.0. The van der Waals surface area contributed by atoms with Crippen LogP contribution in [0.2, 0.25) is 5.02 Å². The van der Waals surface area contributed by atoms with Crippen molar-refractivity contribution in [2.75, 3.05) is 25.8 Å². The molecule has 0 spiro atoms. The number of amides is 1. The van der Waals surface area contributed by atoms with Gasteiger partial charge in [-0.25, -0.2) is 14.8 Å². The molecule has 0 unspecified atom stereocenters. The minimum atomic E-state index is -1.08. The van der Waals surface area contributed by atoms with Crippen molar-refractivity contribution >= 4 is 40.9 Å². The smallest absolute Gasteiger partial charge is 0.359 e. The molecule has 0 saturated heterocycles. The molecule has 8 nitrogen and oxygen atoms in total. The maximum absolute atomic E-state index is 12.3. The SMILES string of the molecule is COc1cc(NC(=O)[C@@H](C)OC(=O)c2nc(SC)ncc2Cl)cc(OC)c1. The van der Waals surface area contributed by atoms with Gasteiger partial charge in [-0.05, 0) is 13.2 Å². The van der Waals surface area contributed by atoms with Gasteiger partial charge in [0.15, 0.2) is 17.0 Å². The average molecular weight is 412 g/mol. The van der Waals surface area contributed by atoms with Gasteiger partial charge in [-0.2, -0.15) is 0 Å². The fourth-order valence-electron chi connectivity index (χ4n) is 1.99. The van der Waals surface area contributed by atoms with E-state index in [0.29, 0.717) is 22.3 Å². The Bertz CT molecular complexity index is 827. The summed E-state index contributed by atoms with van der Waals surface area (Å²) in [6.07, 6.45) is 1.99. The molecule has 0 aliphatic rings. The van der Waals surface area contributed by atoms with Gasteiger partial charge < -0.3 is 19.5 Å². The molecule has 1 amide bonds. The Morgan fingerprint density at radius 3 is 2.37 bits per heavy atom. The van der Waals surface area contributed by atoms with Gasteiger partial charge in [0.05, 0.1) is 25.4 Å². The van der Waals surface area contributed by atoms with Gasteiger partial charge in [0.1, 0.15) is 11.5 Å². The second kappa shape index (κ2) is 9.43. The van der Waals surface area contributed by atoms with Gasteiger partial charge in [0.25, 0.3) is 5.91 Å². The Labute approximate surface area is 165 Å². The molecule has 144 valence electrons. The first-order valence-corrected chi connectivity index (χ1v) is 9.29. The van der Waals surface area contributed by atoms with Crippen molar-refractivity contribution in [2.24, 2.45) is 0 Å². The summed E-state index contributed by atoms with van der Waals surface area (Å²) in [5.41, 5.74) is 0.336. The van der Waals surface area contributed by atoms with Gasteiger partial charge in [0, 0.05) is 23.9 Å². The maximum Gasteiger partial charge on any atom is 0.359 e. The lowest BCUT2D eigenvalue weighted by atomic mass is 10.2. The third-order valence-electron chi connectivity index (χ3n) is 3.37. The molecule has 1 aromatic heterocycles. The van der Waals surface area contributed by atoms with Crippen LogP contribution in [-0.2, 0) is 9.53 Å². The van der Waals surface area contributed by atoms with Crippen LogP contribution in [0, 0.1) is 0 Å². The molecule has 0 aliphatic carbocycles. The van der Waals surface area contributed by atoms with Gasteiger partial charge in [-0.1, -0.05) is 23.4 Å². The molecule has 1 aromatic carbocycles. The highest BCUT2D eigenvalue weighted by Crippen LogP contribution is 2.26. The molecule has 0 bridgehead atoms. The van der Waals surface area contributed by atoms with E-state index >= 15 is 0 Å². The van der Waals surface area contributed by atoms with Crippen LogP contribution in [0.4, 0.5) is 5.69 Å². The maximum atomic E-state index is 12.3. The van der Waals surface area contributed by atoms with Gasteiger partial charge in [0.2, 0.25) is 0 Å². The summed E-state index contributed by atoms with van der Waals surface area (Å²) in [5.74, 6) is -0.337. The van der Waals surface area contributed by atoms with Crippen molar-refractivity contribution in [1.29, 1.82) is 0 Å². The van der Waals surface area contributed by atoms with Gasteiger partial charge in [-0.3, -0.25) is 4.79 Å². The van der Waals surface area contributed by atoms with E-state index in [9.17, 15) is 9.59 Å². The van der Waals surface area contributed by atoms with E-state index in [4.69, 9.17) is 25.8 Å². The highest BCUT2D eigenvalue weighted by molar-refractivity contribution is 7.98. The third kappa shape index (κ3) is 5.48. The molecule has 0 aliphatic heterocycles. The summed E-state index contributed by atoms with van der Waals surface area (Å²) in [6, 6.07) is 4.89. The van der Waals surface area contributed by atoms with Crippen LogP contribution in [0.3, 0.4) is 0 Å². The first-order valence-electron chi connectivity index (χ1n) is 7.69. The molecule has 2 aromatic rings. The van der Waals surface area contributed by atoms with E-state index < -0.39 is 18.0 Å². The first kappa shape index (κ1) is 20.8. The minimum absolute atomic E-state index is 0.0444. The van der Waals surface area contributed by atoms with Crippen molar-refractivity contribution < 1.29 is 23.8 Å². The predicted molar refractivity (Wildman–Crippen MR) is 102 cm³/mol. The van der Waals surface area contributed by atoms with E-state index in [-0.39, 0.29) is 10.7 Å². The molecule has 1 atom stereocenters. The van der Waals surface area contributed by atoms with Crippen LogP contribution in [0.15, 0.2) is 29.6 Å². The van der Waals surface area contributed by atoms with Crippen molar-refractivity contribution in [2.45, 2.75) is 18.2 Å². The highest BCUT2D eigenvalue weighted by atomic mass is 35.5. The Morgan fingerprint density at radius 2 is 1.81 bits per heavy atom. The molecular weight excluding hydrogens is 394 g/mol. The molecule has 10 heteroatoms. The van der Waals surface area contributed by atoms with E-state index in [2.05, 4.69) is 15.3 Å². The summed E-state index contributed by atoms with van der Waals surface area (Å²) >= 11 is 7.20. The van der Waals surface area contributed by atoms with Crippen LogP contribution in [0.1, 0.15) is 17.4 Å². The number of esters is 1. The van der Waals surface area contributed by atoms with Crippen molar-refractivity contribution in [3.05, 3.63) is 35.1 Å². The van der Waals surface area contributed by atoms with Crippen LogP contribution in [0.5, 0.6) is 11.5 Å². The number of nitrogens with zero attached hydrogens (tertiary/aromatic N) is 2. The highest BCUT2D eigenvalue weighted by Gasteiger charge is 2.23. The van der Waals surface area contributed by atoms with Crippen molar-refractivity contribution in [1.82, 2.24) is 9.97 Å². The van der Waals surface area contributed by atoms with Crippen molar-refractivity contribution in [3.8, 4) is 11.5 Å². The standard InChI is InChI=1S/C17H18ClN3O5S/c1-9(26-16(23)14-13(18)8-19-17(21-14)27-4)15(22)20-10-5-11(24-2)7-12(6-10)25-3/h5-9H,1-4H3,(H,20,22)/t9-/m1/s1. The topological polar surface area (TPSA) is 99.6 Å². The normalized spacial score (nSPS) is 11.4. The lowest BCUT2D eigenvalue weighted by Gasteiger charge is -2.15. The number of nitrogens with one attached hydrogen (secondary N) is 1. The predicted octanol–water partition coefficient (Wildman–Crippen LogP) is 3.05. The lowest BCUT2D eigenvalue weighted by Crippen LogP contribution is -2.30. The lowest BCUT2D eigenvalue weighted by molar-refractivity contribution is -0.123. The zero-order valence-electron chi connectivity index (χ0n) is 15.1. The van der Waals surface area contributed by atoms with Crippen LogP contribution >= 0.6 is 23.4 Å². The summed E-state index contributed by atoms with van der Waals surface area (Å²) in [4.78, 5) is 32.6. The van der Waals surface area contributed by atoms with E-state index in [1.165, 1.54) is 39.1 Å². The number of benzene rings is 1. The number of hydrogen-bond acceptors (Lipinski definition) is 8. The monoisotopic (exact) mass is 411 g/mol. The first-order chi connectivity index (χ1) is 12.9. The quantitative estimate of drug-likeness (QED) is 0.421. The molecule has 0 radical (unpaired) electrons. The number of halogens is 1. The Morgan fingerprint density at radius 1 is 1.19 bits per heavy atom. The minimum Gasteiger partial charge on any atom is -0.497 e. The van der Waals surface area contributed by atoms with Crippen molar-refractivity contribution in [3.63, 3.8) is 0 Å². The van der Waals surface area contributed by atoms with Crippen LogP contribution < -0.4 is 14.8 Å². The summed E-state index contributed by atoms with van der Waals surface area (Å²) in [7, 11) is 3.00. The van der Waals surface area contributed by atoms with Gasteiger partial charge in [-0.15, -0.1) is 0 Å². The second-order valence-electron chi connectivity index (χ2n) is 5.19. The summed E-state index contributed by atoms with van der Waals surface area (Å²) in [6.45, 7) is 1.44. The van der Waals surface area contributed by atoms with Crippen LogP contribution in [0.25, 0.3) is 0 Å². The number of aromatic nitrogens is 2. The van der Waals surface area contributed by atoms with E-state index in [1.54, 1.807) is 24.5 Å². The summed E-state index contributed by atoms with van der Waals surface area (Å²) in [5, 5.41) is 3.05. The summed E-state index contributed by atoms with van der Waals surface area (Å²) < 4.78 is 15.5. The average Bonchev–Trinajstić information content (AvgIpc) is 2.67. The molecule has 1 N–H and O–H groups in total. The van der Waals surface area contributed by atoms with E-state index in [1.807, 2.05) is 0 Å². The number of carbonyl (C=O) groups is 2. The largest absolute Gasteiger partial charge is 0.497 e. The number of anilines is 1. The number of thioether (sulfide) groups is 1. The molecule has 2 rings (SSSR count). The molecule has 27 heavy (non-hydrogen) atoms. The number of ether oxygens (including phenoxy) is 3. The fourth-order valence-corrected chi connectivity index (χ4v) is 2.49. The number of methoxy groups -OCH3 is 2. The zero-order valence-corrected chi connectivity index (χ0v) is 16.7. The molecule has 0 fully saturated rings. The number of hydrogen-bond donors (Lipinski definition) is 1.